The van der Waals surface area contributed by atoms with Crippen molar-refractivity contribution < 1.29 is 50.9 Å². The molecule has 0 aliphatic rings. The fourth-order valence-electron chi connectivity index (χ4n) is 3.96. The van der Waals surface area contributed by atoms with E-state index in [4.69, 9.17) is 36.5 Å². The molecule has 0 unspecified atom stereocenters. The van der Waals surface area contributed by atoms with Gasteiger partial charge in [0.2, 0.25) is 16.0 Å². The zero-order chi connectivity index (χ0) is 35.8. The lowest BCUT2D eigenvalue weighted by Gasteiger charge is -2.18. The Labute approximate surface area is 277 Å². The van der Waals surface area contributed by atoms with Crippen LogP contribution in [-0.2, 0) is 25.8 Å². The van der Waals surface area contributed by atoms with Gasteiger partial charge in [-0.05, 0) is 67.9 Å². The number of hydrogen-bond acceptors (Lipinski definition) is 9. The first-order valence-electron chi connectivity index (χ1n) is 13.4. The van der Waals surface area contributed by atoms with Crippen molar-refractivity contribution in [2.75, 3.05) is 17.6 Å². The van der Waals surface area contributed by atoms with Crippen LogP contribution in [0.3, 0.4) is 0 Å². The number of nitrogens with zero attached hydrogens (tertiary/aromatic N) is 3. The molecule has 0 saturated heterocycles. The molecule has 0 aliphatic carbocycles. The van der Waals surface area contributed by atoms with E-state index in [1.807, 2.05) is 0 Å². The Morgan fingerprint density at radius 1 is 1.04 bits per heavy atom. The number of sulfonamides is 1. The second-order valence-electron chi connectivity index (χ2n) is 9.89. The Morgan fingerprint density at radius 2 is 1.73 bits per heavy atom. The highest BCUT2D eigenvalue weighted by Gasteiger charge is 2.32. The normalized spacial score (nSPS) is 11.7. The molecule has 0 radical (unpaired) electrons. The maximum absolute atomic E-state index is 13.1. The number of nitriles is 1. The molecule has 4 rings (SSSR count). The molecule has 252 valence electrons. The summed E-state index contributed by atoms with van der Waals surface area (Å²) in [6.07, 6.45) is -3.93. The fraction of sp³-hybridized carbons (Fsp3) is 0.194. The zero-order valence-corrected chi connectivity index (χ0v) is 26.8. The van der Waals surface area contributed by atoms with Gasteiger partial charge in [-0.1, -0.05) is 23.7 Å². The number of carbonyl (C=O) groups is 2. The quantitative estimate of drug-likeness (QED) is 0.174. The second-order valence-corrected chi connectivity index (χ2v) is 12.1. The van der Waals surface area contributed by atoms with Gasteiger partial charge in [0.1, 0.15) is 11.5 Å². The molecule has 12 nitrogen and oxygen atoms in total. The van der Waals surface area contributed by atoms with E-state index in [1.165, 1.54) is 13.8 Å². The lowest BCUT2D eigenvalue weighted by atomic mass is 10.0. The first-order chi connectivity index (χ1) is 22.4. The third kappa shape index (κ3) is 10.6. The van der Waals surface area contributed by atoms with Crippen LogP contribution in [0.5, 0.6) is 11.5 Å². The number of rotatable bonds is 10. The summed E-state index contributed by atoms with van der Waals surface area (Å²) in [5.74, 6) is -2.31. The molecule has 0 saturated carbocycles. The molecule has 0 spiro atoms. The van der Waals surface area contributed by atoms with Crippen molar-refractivity contribution >= 4 is 39.5 Å². The van der Waals surface area contributed by atoms with Gasteiger partial charge in [0.15, 0.2) is 12.7 Å². The summed E-state index contributed by atoms with van der Waals surface area (Å²) in [5.41, 5.74) is 1.13. The van der Waals surface area contributed by atoms with Crippen molar-refractivity contribution in [2.45, 2.75) is 26.1 Å². The molecule has 0 bridgehead atoms. The van der Waals surface area contributed by atoms with Gasteiger partial charge in [-0.25, -0.2) is 28.0 Å². The zero-order valence-electron chi connectivity index (χ0n) is 25.2. The molecule has 3 aromatic carbocycles. The number of aromatic nitrogens is 2. The molecule has 48 heavy (non-hydrogen) atoms. The molecule has 3 N–H and O–H groups in total. The average molecular weight is 707 g/mol. The predicted octanol–water partition coefficient (Wildman–Crippen LogP) is 6.04. The Balaban J connectivity index is 0.000000275. The lowest BCUT2D eigenvalue weighted by molar-refractivity contribution is -0.144. The van der Waals surface area contributed by atoms with Crippen molar-refractivity contribution in [3.63, 3.8) is 0 Å². The van der Waals surface area contributed by atoms with Gasteiger partial charge in [-0.3, -0.25) is 4.72 Å². The van der Waals surface area contributed by atoms with E-state index in [0.29, 0.717) is 21.9 Å². The van der Waals surface area contributed by atoms with Gasteiger partial charge in [0.25, 0.3) is 0 Å². The van der Waals surface area contributed by atoms with E-state index in [9.17, 15) is 31.2 Å². The first-order valence-corrected chi connectivity index (χ1v) is 15.7. The van der Waals surface area contributed by atoms with E-state index < -0.39 is 46.4 Å². The predicted molar refractivity (Wildman–Crippen MR) is 168 cm³/mol. The molecule has 1 aromatic heterocycles. The summed E-state index contributed by atoms with van der Waals surface area (Å²) >= 11 is 5.97. The largest absolute Gasteiger partial charge is 0.481 e. The number of alkyl halides is 3. The summed E-state index contributed by atoms with van der Waals surface area (Å²) in [5, 5.41) is 27.1. The van der Waals surface area contributed by atoms with Gasteiger partial charge < -0.3 is 19.7 Å². The van der Waals surface area contributed by atoms with Crippen LogP contribution in [0.25, 0.3) is 22.3 Å². The molecule has 17 heteroatoms. The highest BCUT2D eigenvalue weighted by atomic mass is 35.5. The standard InChI is InChI=1S/C16H16F3N3O5S.C15H10ClNO3/c1-8-12(7-20-15(21-8)22-28(3,25)26)11-6-10(16(17,18)19)4-5-13(11)27-9(2)14(23)24;16-12-4-5-14(20-9-15(18)19)13(7-12)11-3-1-2-10(6-11)8-17/h4-7,9H,1-3H3,(H,23,24)(H,20,21,22);1-7H,9H2,(H,18,19)/t9-;/m0./s1. The molecule has 0 amide bonds. The molecule has 1 atom stereocenters. The number of ether oxygens (including phenoxy) is 2. The third-order valence-electron chi connectivity index (χ3n) is 6.10. The highest BCUT2D eigenvalue weighted by molar-refractivity contribution is 7.91. The van der Waals surface area contributed by atoms with Crippen LogP contribution in [0.1, 0.15) is 23.7 Å². The Bertz CT molecular complexity index is 1990. The van der Waals surface area contributed by atoms with Crippen LogP contribution < -0.4 is 14.2 Å². The molecular weight excluding hydrogens is 681 g/mol. The summed E-state index contributed by atoms with van der Waals surface area (Å²) in [6.45, 7) is 2.23. The average Bonchev–Trinajstić information content (AvgIpc) is 2.99. The van der Waals surface area contributed by atoms with Crippen LogP contribution in [0.15, 0.2) is 66.9 Å². The van der Waals surface area contributed by atoms with Crippen LogP contribution >= 0.6 is 11.6 Å². The number of halogens is 4. The molecular formula is C31H26ClF3N4O8S. The summed E-state index contributed by atoms with van der Waals surface area (Å²) in [4.78, 5) is 29.3. The van der Waals surface area contributed by atoms with Gasteiger partial charge in [0, 0.05) is 27.9 Å². The number of anilines is 1. The number of aryl methyl sites for hydroxylation is 1. The first kappa shape index (κ1) is 37.1. The molecule has 0 fully saturated rings. The Kier molecular flexibility index (Phi) is 11.9. The summed E-state index contributed by atoms with van der Waals surface area (Å²) < 4.78 is 74.4. The van der Waals surface area contributed by atoms with E-state index in [1.54, 1.807) is 42.5 Å². The minimum Gasteiger partial charge on any atom is -0.481 e. The number of carboxylic acids is 2. The van der Waals surface area contributed by atoms with Gasteiger partial charge in [-0.15, -0.1) is 0 Å². The maximum Gasteiger partial charge on any atom is 0.416 e. The van der Waals surface area contributed by atoms with Gasteiger partial charge in [0.05, 0.1) is 29.1 Å². The second kappa shape index (κ2) is 15.5. The van der Waals surface area contributed by atoms with Crippen LogP contribution in [0.4, 0.5) is 19.1 Å². The van der Waals surface area contributed by atoms with E-state index in [2.05, 4.69) is 20.8 Å². The molecule has 1 heterocycles. The van der Waals surface area contributed by atoms with Crippen molar-refractivity contribution in [1.29, 1.82) is 5.26 Å². The fourth-order valence-corrected chi connectivity index (χ4v) is 4.56. The van der Waals surface area contributed by atoms with E-state index in [-0.39, 0.29) is 28.5 Å². The van der Waals surface area contributed by atoms with Crippen molar-refractivity contribution in [2.24, 2.45) is 0 Å². The van der Waals surface area contributed by atoms with Crippen molar-refractivity contribution in [3.05, 3.63) is 88.7 Å². The van der Waals surface area contributed by atoms with Gasteiger partial charge in [-0.2, -0.15) is 18.4 Å². The number of benzene rings is 3. The number of hydrogen-bond donors (Lipinski definition) is 3. The maximum atomic E-state index is 13.1. The van der Waals surface area contributed by atoms with Crippen molar-refractivity contribution in [3.8, 4) is 39.8 Å². The molecule has 4 aromatic rings. The van der Waals surface area contributed by atoms with Crippen LogP contribution in [0.2, 0.25) is 5.02 Å². The molecule has 0 aliphatic heterocycles. The monoisotopic (exact) mass is 706 g/mol. The van der Waals surface area contributed by atoms with Crippen LogP contribution in [-0.4, -0.2) is 59.5 Å². The van der Waals surface area contributed by atoms with E-state index >= 15 is 0 Å². The Hall–Kier alpha value is -5.40. The minimum atomic E-state index is -4.64. The van der Waals surface area contributed by atoms with Crippen molar-refractivity contribution in [1.82, 2.24) is 9.97 Å². The lowest BCUT2D eigenvalue weighted by Crippen LogP contribution is -2.23. The topological polar surface area (TPSA) is 189 Å². The summed E-state index contributed by atoms with van der Waals surface area (Å²) in [6, 6.07) is 16.5. The van der Waals surface area contributed by atoms with E-state index in [0.717, 1.165) is 36.2 Å². The number of aliphatic carboxylic acids is 2. The van der Waals surface area contributed by atoms with Gasteiger partial charge >= 0.3 is 18.1 Å². The Morgan fingerprint density at radius 3 is 2.31 bits per heavy atom. The minimum absolute atomic E-state index is 0.0775. The smallest absolute Gasteiger partial charge is 0.416 e. The number of nitrogens with one attached hydrogen (secondary N) is 1. The SMILES string of the molecule is Cc1nc(NS(C)(=O)=O)ncc1-c1cc(C(F)(F)F)ccc1O[C@@H](C)C(=O)O.N#Cc1cccc(-c2cc(Cl)ccc2OCC(=O)O)c1. The summed E-state index contributed by atoms with van der Waals surface area (Å²) in [7, 11) is -3.64. The number of carboxylic acid groups (broad SMARTS) is 2. The highest BCUT2D eigenvalue weighted by Crippen LogP contribution is 2.38. The van der Waals surface area contributed by atoms with Crippen LogP contribution in [0, 0.1) is 18.3 Å². The third-order valence-corrected chi connectivity index (χ3v) is 6.89.